The molecule has 0 spiro atoms. The number of carbonyl (C=O) groups excluding carboxylic acids is 1. The topological polar surface area (TPSA) is 94.1 Å². The van der Waals surface area contributed by atoms with Crippen molar-refractivity contribution in [1.82, 2.24) is 19.8 Å². The van der Waals surface area contributed by atoms with Crippen molar-refractivity contribution in [3.8, 4) is 0 Å². The van der Waals surface area contributed by atoms with Crippen LogP contribution in [-0.4, -0.2) is 75.9 Å². The molecule has 11 heteroatoms. The van der Waals surface area contributed by atoms with Gasteiger partial charge in [0, 0.05) is 46.2 Å². The zero-order valence-electron chi connectivity index (χ0n) is 15.0. The SMILES string of the molecule is CCNC(=NCCNS(=O)(=O)c1cccs1)N1CCN(C(C)=O)CC1.I. The number of rotatable bonds is 6. The van der Waals surface area contributed by atoms with Crippen LogP contribution < -0.4 is 10.0 Å². The van der Waals surface area contributed by atoms with Crippen LogP contribution in [-0.2, 0) is 14.8 Å². The number of carbonyl (C=O) groups is 1. The van der Waals surface area contributed by atoms with Gasteiger partial charge in [0.1, 0.15) is 4.21 Å². The van der Waals surface area contributed by atoms with Gasteiger partial charge in [-0.1, -0.05) is 6.07 Å². The number of amides is 1. The van der Waals surface area contributed by atoms with Crippen LogP contribution in [0.4, 0.5) is 0 Å². The van der Waals surface area contributed by atoms with Gasteiger partial charge in [-0.05, 0) is 18.4 Å². The molecule has 0 unspecified atom stereocenters. The third kappa shape index (κ3) is 6.67. The van der Waals surface area contributed by atoms with Crippen LogP contribution in [0.2, 0.25) is 0 Å². The van der Waals surface area contributed by atoms with E-state index in [0.717, 1.165) is 12.5 Å². The van der Waals surface area contributed by atoms with E-state index in [1.165, 1.54) is 11.3 Å². The zero-order valence-corrected chi connectivity index (χ0v) is 18.9. The molecule has 0 aromatic carbocycles. The van der Waals surface area contributed by atoms with Gasteiger partial charge in [-0.15, -0.1) is 35.3 Å². The minimum atomic E-state index is -3.45. The van der Waals surface area contributed by atoms with Crippen molar-refractivity contribution < 1.29 is 13.2 Å². The maximum Gasteiger partial charge on any atom is 0.250 e. The monoisotopic (exact) mass is 515 g/mol. The van der Waals surface area contributed by atoms with Crippen molar-refractivity contribution in [3.05, 3.63) is 17.5 Å². The van der Waals surface area contributed by atoms with Crippen LogP contribution in [0.25, 0.3) is 0 Å². The Kier molecular flexibility index (Phi) is 9.82. The molecule has 1 aromatic rings. The van der Waals surface area contributed by atoms with E-state index < -0.39 is 10.0 Å². The highest BCUT2D eigenvalue weighted by Crippen LogP contribution is 2.14. The van der Waals surface area contributed by atoms with Crippen molar-refractivity contribution in [2.45, 2.75) is 18.1 Å². The van der Waals surface area contributed by atoms with E-state index in [1.54, 1.807) is 24.4 Å². The van der Waals surface area contributed by atoms with Crippen molar-refractivity contribution in [1.29, 1.82) is 0 Å². The predicted octanol–water partition coefficient (Wildman–Crippen LogP) is 0.774. The molecule has 148 valence electrons. The van der Waals surface area contributed by atoms with Gasteiger partial charge in [0.05, 0.1) is 6.54 Å². The normalized spacial score (nSPS) is 15.5. The van der Waals surface area contributed by atoms with Crippen LogP contribution in [0.3, 0.4) is 0 Å². The highest BCUT2D eigenvalue weighted by atomic mass is 127. The number of aliphatic imine (C=N–C) groups is 1. The van der Waals surface area contributed by atoms with Crippen molar-refractivity contribution >= 4 is 57.2 Å². The maximum atomic E-state index is 12.1. The fourth-order valence-corrected chi connectivity index (χ4v) is 4.55. The molecule has 1 aliphatic rings. The molecule has 2 N–H and O–H groups in total. The Morgan fingerprint density at radius 2 is 1.92 bits per heavy atom. The highest BCUT2D eigenvalue weighted by Gasteiger charge is 2.21. The van der Waals surface area contributed by atoms with E-state index >= 15 is 0 Å². The van der Waals surface area contributed by atoms with E-state index in [0.29, 0.717) is 36.9 Å². The van der Waals surface area contributed by atoms with E-state index in [-0.39, 0.29) is 36.4 Å². The molecule has 2 heterocycles. The lowest BCUT2D eigenvalue weighted by molar-refractivity contribution is -0.130. The second kappa shape index (κ2) is 11.0. The van der Waals surface area contributed by atoms with Crippen molar-refractivity contribution in [2.75, 3.05) is 45.8 Å². The largest absolute Gasteiger partial charge is 0.357 e. The summed E-state index contributed by atoms with van der Waals surface area (Å²) in [7, 11) is -3.45. The first kappa shape index (κ1) is 23.1. The smallest absolute Gasteiger partial charge is 0.250 e. The first-order chi connectivity index (χ1) is 11.9. The summed E-state index contributed by atoms with van der Waals surface area (Å²) in [5.41, 5.74) is 0. The lowest BCUT2D eigenvalue weighted by Gasteiger charge is -2.36. The highest BCUT2D eigenvalue weighted by molar-refractivity contribution is 14.0. The number of hydrogen-bond acceptors (Lipinski definition) is 5. The third-order valence-corrected chi connectivity index (χ3v) is 6.64. The first-order valence-corrected chi connectivity index (χ1v) is 10.6. The van der Waals surface area contributed by atoms with Crippen LogP contribution in [0.1, 0.15) is 13.8 Å². The van der Waals surface area contributed by atoms with Crippen molar-refractivity contribution in [3.63, 3.8) is 0 Å². The molecule has 1 aliphatic heterocycles. The molecular formula is C15H26IN5O3S2. The predicted molar refractivity (Wildman–Crippen MR) is 115 cm³/mol. The summed E-state index contributed by atoms with van der Waals surface area (Å²) in [5, 5.41) is 4.95. The number of sulfonamides is 1. The number of nitrogens with zero attached hydrogens (tertiary/aromatic N) is 3. The summed E-state index contributed by atoms with van der Waals surface area (Å²) < 4.78 is 27.0. The Bertz CT molecular complexity index is 686. The van der Waals surface area contributed by atoms with E-state index in [9.17, 15) is 13.2 Å². The molecule has 0 bridgehead atoms. The summed E-state index contributed by atoms with van der Waals surface area (Å²) in [6.07, 6.45) is 0. The molecule has 8 nitrogen and oxygen atoms in total. The molecule has 0 saturated carbocycles. The molecule has 0 aliphatic carbocycles. The Labute approximate surface area is 176 Å². The minimum Gasteiger partial charge on any atom is -0.357 e. The van der Waals surface area contributed by atoms with Crippen LogP contribution in [0, 0.1) is 0 Å². The standard InChI is InChI=1S/C15H25N5O3S2.HI/c1-3-16-15(20-10-8-19(9-11-20)13(2)21)17-6-7-18-25(22,23)14-5-4-12-24-14;/h4-5,12,18H,3,6-11H2,1-2H3,(H,16,17);1H. The number of thiophene rings is 1. The van der Waals surface area contributed by atoms with Crippen molar-refractivity contribution in [2.24, 2.45) is 4.99 Å². The molecular weight excluding hydrogens is 489 g/mol. The Hall–Kier alpha value is -0.920. The van der Waals surface area contributed by atoms with Gasteiger partial charge in [0.25, 0.3) is 0 Å². The van der Waals surface area contributed by atoms with Crippen LogP contribution in [0.15, 0.2) is 26.7 Å². The fourth-order valence-electron chi connectivity index (χ4n) is 2.49. The molecule has 1 fully saturated rings. The number of nitrogens with one attached hydrogen (secondary N) is 2. The maximum absolute atomic E-state index is 12.1. The van der Waals surface area contributed by atoms with Gasteiger partial charge in [0.2, 0.25) is 15.9 Å². The summed E-state index contributed by atoms with van der Waals surface area (Å²) in [6.45, 7) is 7.65. The minimum absolute atomic E-state index is 0. The zero-order chi connectivity index (χ0) is 18.3. The Morgan fingerprint density at radius 1 is 1.27 bits per heavy atom. The fraction of sp³-hybridized carbons (Fsp3) is 0.600. The number of hydrogen-bond donors (Lipinski definition) is 2. The van der Waals surface area contributed by atoms with Gasteiger partial charge >= 0.3 is 0 Å². The number of guanidine groups is 1. The van der Waals surface area contributed by atoms with E-state index in [1.807, 2.05) is 11.8 Å². The summed E-state index contributed by atoms with van der Waals surface area (Å²) in [6, 6.07) is 3.29. The van der Waals surface area contributed by atoms with E-state index in [4.69, 9.17) is 0 Å². The second-order valence-corrected chi connectivity index (χ2v) is 8.50. The van der Waals surface area contributed by atoms with Gasteiger partial charge in [-0.3, -0.25) is 9.79 Å². The van der Waals surface area contributed by atoms with Gasteiger partial charge in [-0.25, -0.2) is 13.1 Å². The van der Waals surface area contributed by atoms with Gasteiger partial charge < -0.3 is 15.1 Å². The van der Waals surface area contributed by atoms with E-state index in [2.05, 4.69) is 19.9 Å². The quantitative estimate of drug-likeness (QED) is 0.253. The third-order valence-electron chi connectivity index (χ3n) is 3.78. The second-order valence-electron chi connectivity index (χ2n) is 5.56. The summed E-state index contributed by atoms with van der Waals surface area (Å²) >= 11 is 1.19. The lowest BCUT2D eigenvalue weighted by Crippen LogP contribution is -2.53. The first-order valence-electron chi connectivity index (χ1n) is 8.26. The molecule has 26 heavy (non-hydrogen) atoms. The van der Waals surface area contributed by atoms with Crippen LogP contribution >= 0.6 is 35.3 Å². The Balaban J connectivity index is 0.00000338. The van der Waals surface area contributed by atoms with Crippen LogP contribution in [0.5, 0.6) is 0 Å². The summed E-state index contributed by atoms with van der Waals surface area (Å²) in [4.78, 5) is 19.8. The number of halogens is 1. The molecule has 1 aromatic heterocycles. The molecule has 1 amide bonds. The molecule has 0 radical (unpaired) electrons. The average molecular weight is 515 g/mol. The van der Waals surface area contributed by atoms with Gasteiger partial charge in [0.15, 0.2) is 5.96 Å². The number of piperazine rings is 1. The van der Waals surface area contributed by atoms with Gasteiger partial charge in [-0.2, -0.15) is 0 Å². The molecule has 0 atom stereocenters. The Morgan fingerprint density at radius 3 is 2.46 bits per heavy atom. The molecule has 1 saturated heterocycles. The average Bonchev–Trinajstić information content (AvgIpc) is 3.13. The summed E-state index contributed by atoms with van der Waals surface area (Å²) in [5.74, 6) is 0.839. The molecule has 2 rings (SSSR count). The lowest BCUT2D eigenvalue weighted by atomic mass is 10.3.